The second-order valence-electron chi connectivity index (χ2n) is 4.39. The first kappa shape index (κ1) is 13.5. The second-order valence-corrected chi connectivity index (χ2v) is 4.39. The molecule has 0 fully saturated rings. The van der Waals surface area contributed by atoms with Gasteiger partial charge < -0.3 is 5.73 Å². The highest BCUT2D eigenvalue weighted by Crippen LogP contribution is 2.29. The van der Waals surface area contributed by atoms with Crippen LogP contribution in [0, 0.1) is 17.5 Å². The Morgan fingerprint density at radius 2 is 1.53 bits per heavy atom. The highest BCUT2D eigenvalue weighted by Gasteiger charge is 2.20. The van der Waals surface area contributed by atoms with Gasteiger partial charge in [0.05, 0.1) is 0 Å². The van der Waals surface area contributed by atoms with Crippen LogP contribution in [-0.4, -0.2) is 4.98 Å². The summed E-state index contributed by atoms with van der Waals surface area (Å²) >= 11 is 0. The van der Waals surface area contributed by atoms with E-state index in [1.807, 2.05) is 6.92 Å². The largest absolute Gasteiger partial charge is 0.323 e. The van der Waals surface area contributed by atoms with Gasteiger partial charge in [-0.25, -0.2) is 13.2 Å². The Balaban J connectivity index is 2.32. The Hall–Kier alpha value is -1.88. The SMILES string of the molecule is CC(c1ccncc1)C(N)c1cc(F)c(F)c(F)c1. The summed E-state index contributed by atoms with van der Waals surface area (Å²) in [6.45, 7) is 1.83. The van der Waals surface area contributed by atoms with Gasteiger partial charge in [-0.3, -0.25) is 4.98 Å². The third-order valence-corrected chi connectivity index (χ3v) is 3.16. The summed E-state index contributed by atoms with van der Waals surface area (Å²) in [6.07, 6.45) is 3.23. The van der Waals surface area contributed by atoms with Gasteiger partial charge in [0.15, 0.2) is 17.5 Å². The molecule has 19 heavy (non-hydrogen) atoms. The van der Waals surface area contributed by atoms with Crippen molar-refractivity contribution in [2.24, 2.45) is 5.73 Å². The van der Waals surface area contributed by atoms with Gasteiger partial charge in [-0.15, -0.1) is 0 Å². The molecule has 100 valence electrons. The van der Waals surface area contributed by atoms with Gasteiger partial charge in [-0.05, 0) is 35.4 Å². The molecule has 0 saturated heterocycles. The molecule has 0 bridgehead atoms. The van der Waals surface area contributed by atoms with E-state index in [-0.39, 0.29) is 11.5 Å². The first-order chi connectivity index (χ1) is 9.00. The maximum absolute atomic E-state index is 13.2. The van der Waals surface area contributed by atoms with Crippen LogP contribution in [0.5, 0.6) is 0 Å². The van der Waals surface area contributed by atoms with Crippen LogP contribution in [0.3, 0.4) is 0 Å². The fraction of sp³-hybridized carbons (Fsp3) is 0.214. The summed E-state index contributed by atoms with van der Waals surface area (Å²) in [5.74, 6) is -4.11. The quantitative estimate of drug-likeness (QED) is 0.866. The predicted octanol–water partition coefficient (Wildman–Crippen LogP) is 3.30. The Bertz CT molecular complexity index is 549. The molecule has 0 saturated carbocycles. The Morgan fingerprint density at radius 3 is 2.05 bits per heavy atom. The van der Waals surface area contributed by atoms with E-state index in [4.69, 9.17) is 5.73 Å². The lowest BCUT2D eigenvalue weighted by molar-refractivity contribution is 0.441. The normalized spacial score (nSPS) is 14.2. The van der Waals surface area contributed by atoms with E-state index in [0.29, 0.717) is 0 Å². The van der Waals surface area contributed by atoms with Gasteiger partial charge in [-0.1, -0.05) is 6.92 Å². The maximum atomic E-state index is 13.2. The van der Waals surface area contributed by atoms with Gasteiger partial charge >= 0.3 is 0 Å². The Labute approximate surface area is 109 Å². The number of rotatable bonds is 3. The number of hydrogen-bond acceptors (Lipinski definition) is 2. The zero-order valence-electron chi connectivity index (χ0n) is 10.3. The molecule has 2 rings (SSSR count). The molecule has 2 atom stereocenters. The molecule has 1 aromatic heterocycles. The van der Waals surface area contributed by atoms with Crippen LogP contribution >= 0.6 is 0 Å². The lowest BCUT2D eigenvalue weighted by Gasteiger charge is -2.20. The van der Waals surface area contributed by atoms with E-state index in [2.05, 4.69) is 4.98 Å². The molecule has 0 radical (unpaired) electrons. The molecule has 0 spiro atoms. The van der Waals surface area contributed by atoms with Crippen LogP contribution in [-0.2, 0) is 0 Å². The summed E-state index contributed by atoms with van der Waals surface area (Å²) < 4.78 is 39.3. The number of pyridine rings is 1. The first-order valence-electron chi connectivity index (χ1n) is 5.80. The van der Waals surface area contributed by atoms with Crippen molar-refractivity contribution in [3.63, 3.8) is 0 Å². The number of hydrogen-bond donors (Lipinski definition) is 1. The number of nitrogens with two attached hydrogens (primary N) is 1. The highest BCUT2D eigenvalue weighted by molar-refractivity contribution is 5.27. The minimum Gasteiger partial charge on any atom is -0.323 e. The number of halogens is 3. The molecule has 2 N–H and O–H groups in total. The summed E-state index contributed by atoms with van der Waals surface area (Å²) in [6, 6.07) is 4.79. The third kappa shape index (κ3) is 2.76. The van der Waals surface area contributed by atoms with E-state index in [1.54, 1.807) is 24.5 Å². The Kier molecular flexibility index (Phi) is 3.85. The van der Waals surface area contributed by atoms with Crippen molar-refractivity contribution in [1.82, 2.24) is 4.98 Å². The van der Waals surface area contributed by atoms with Crippen LogP contribution in [0.25, 0.3) is 0 Å². The summed E-state index contributed by atoms with van der Waals surface area (Å²) in [5.41, 5.74) is 7.10. The average Bonchev–Trinajstić information content (AvgIpc) is 2.43. The molecular weight excluding hydrogens is 253 g/mol. The molecule has 2 nitrogen and oxygen atoms in total. The van der Waals surface area contributed by atoms with E-state index >= 15 is 0 Å². The predicted molar refractivity (Wildman–Crippen MR) is 65.9 cm³/mol. The van der Waals surface area contributed by atoms with Crippen molar-refractivity contribution in [1.29, 1.82) is 0 Å². The van der Waals surface area contributed by atoms with E-state index in [1.165, 1.54) is 0 Å². The second kappa shape index (κ2) is 5.40. The molecule has 0 aliphatic rings. The molecule has 1 aromatic carbocycles. The third-order valence-electron chi connectivity index (χ3n) is 3.16. The fourth-order valence-electron chi connectivity index (χ4n) is 1.93. The molecule has 2 aromatic rings. The Morgan fingerprint density at radius 1 is 1.00 bits per heavy atom. The van der Waals surface area contributed by atoms with E-state index in [9.17, 15) is 13.2 Å². The monoisotopic (exact) mass is 266 g/mol. The van der Waals surface area contributed by atoms with Crippen LogP contribution < -0.4 is 5.73 Å². The van der Waals surface area contributed by atoms with Gasteiger partial charge in [0.2, 0.25) is 0 Å². The number of aromatic nitrogens is 1. The van der Waals surface area contributed by atoms with Crippen LogP contribution in [0.2, 0.25) is 0 Å². The molecule has 0 aliphatic carbocycles. The molecule has 1 heterocycles. The van der Waals surface area contributed by atoms with Crippen LogP contribution in [0.15, 0.2) is 36.7 Å². The zero-order chi connectivity index (χ0) is 14.0. The van der Waals surface area contributed by atoms with Crippen molar-refractivity contribution in [2.75, 3.05) is 0 Å². The fourth-order valence-corrected chi connectivity index (χ4v) is 1.93. The van der Waals surface area contributed by atoms with Crippen LogP contribution in [0.4, 0.5) is 13.2 Å². The topological polar surface area (TPSA) is 38.9 Å². The maximum Gasteiger partial charge on any atom is 0.194 e. The summed E-state index contributed by atoms with van der Waals surface area (Å²) in [4.78, 5) is 3.89. The van der Waals surface area contributed by atoms with Gasteiger partial charge in [0.25, 0.3) is 0 Å². The standard InChI is InChI=1S/C14H13F3N2/c1-8(9-2-4-19-5-3-9)14(18)10-6-11(15)13(17)12(16)7-10/h2-8,14H,18H2,1H3. The van der Waals surface area contributed by atoms with Crippen molar-refractivity contribution in [3.05, 3.63) is 65.2 Å². The van der Waals surface area contributed by atoms with Crippen LogP contribution in [0.1, 0.15) is 30.0 Å². The number of benzene rings is 1. The molecule has 5 heteroatoms. The molecule has 2 unspecified atom stereocenters. The van der Waals surface area contributed by atoms with Gasteiger partial charge in [0.1, 0.15) is 0 Å². The van der Waals surface area contributed by atoms with Crippen molar-refractivity contribution >= 4 is 0 Å². The molecule has 0 amide bonds. The average molecular weight is 266 g/mol. The lowest BCUT2D eigenvalue weighted by atomic mass is 9.89. The zero-order valence-corrected chi connectivity index (χ0v) is 10.3. The highest BCUT2D eigenvalue weighted by atomic mass is 19.2. The minimum absolute atomic E-state index is 0.174. The summed E-state index contributed by atoms with van der Waals surface area (Å²) in [7, 11) is 0. The minimum atomic E-state index is -1.48. The first-order valence-corrected chi connectivity index (χ1v) is 5.80. The van der Waals surface area contributed by atoms with Crippen molar-refractivity contribution in [3.8, 4) is 0 Å². The molecular formula is C14H13F3N2. The van der Waals surface area contributed by atoms with Crippen molar-refractivity contribution < 1.29 is 13.2 Å². The van der Waals surface area contributed by atoms with E-state index in [0.717, 1.165) is 17.7 Å². The van der Waals surface area contributed by atoms with Gasteiger partial charge in [-0.2, -0.15) is 0 Å². The smallest absolute Gasteiger partial charge is 0.194 e. The summed E-state index contributed by atoms with van der Waals surface area (Å²) in [5, 5.41) is 0. The van der Waals surface area contributed by atoms with Crippen molar-refractivity contribution in [2.45, 2.75) is 18.9 Å². The van der Waals surface area contributed by atoms with E-state index < -0.39 is 23.5 Å². The lowest BCUT2D eigenvalue weighted by Crippen LogP contribution is -2.18. The molecule has 0 aliphatic heterocycles. The number of nitrogens with zero attached hydrogens (tertiary/aromatic N) is 1. The van der Waals surface area contributed by atoms with Gasteiger partial charge in [0, 0.05) is 24.4 Å².